The fraction of sp³-hybridized carbons (Fsp3) is 0.600. The summed E-state index contributed by atoms with van der Waals surface area (Å²) in [7, 11) is -1.02. The molecule has 0 saturated heterocycles. The van der Waals surface area contributed by atoms with Crippen LogP contribution < -0.4 is 0 Å². The first kappa shape index (κ1) is 15.1. The largest absolute Gasteiger partial charge is 0.464 e. The quantitative estimate of drug-likeness (QED) is 0.766. The van der Waals surface area contributed by atoms with E-state index in [0.29, 0.717) is 6.42 Å². The first-order valence-electron chi connectivity index (χ1n) is 5.36. The van der Waals surface area contributed by atoms with Crippen LogP contribution in [0.15, 0.2) is 9.72 Å². The molecular weight excluding hydrogens is 276 g/mol. The molecule has 18 heavy (non-hydrogen) atoms. The first-order valence-corrected chi connectivity index (χ1v) is 7.68. The van der Waals surface area contributed by atoms with Crippen LogP contribution in [0.2, 0.25) is 0 Å². The Morgan fingerprint density at radius 2 is 2.22 bits per heavy atom. The third-order valence-corrected chi connectivity index (χ3v) is 6.06. The minimum atomic E-state index is -3.70. The smallest absolute Gasteiger partial charge is 0.358 e. The van der Waals surface area contributed by atoms with Gasteiger partial charge in [0.2, 0.25) is 0 Å². The van der Waals surface area contributed by atoms with Crippen molar-refractivity contribution in [3.8, 4) is 0 Å². The Balaban J connectivity index is 3.22. The van der Waals surface area contributed by atoms with Crippen LogP contribution in [-0.2, 0) is 14.8 Å². The number of thiazole rings is 1. The minimum absolute atomic E-state index is 0.0721. The van der Waals surface area contributed by atoms with Crippen LogP contribution in [0.1, 0.15) is 30.8 Å². The van der Waals surface area contributed by atoms with Crippen molar-refractivity contribution in [3.63, 3.8) is 0 Å². The molecule has 102 valence electrons. The number of hydrogen-bond donors (Lipinski definition) is 0. The van der Waals surface area contributed by atoms with Crippen LogP contribution in [0.25, 0.3) is 0 Å². The molecule has 0 radical (unpaired) electrons. The Labute approximate surface area is 111 Å². The van der Waals surface area contributed by atoms with Crippen LogP contribution >= 0.6 is 11.3 Å². The van der Waals surface area contributed by atoms with Crippen molar-refractivity contribution in [2.45, 2.75) is 30.5 Å². The average Bonchev–Trinajstić information content (AvgIpc) is 2.85. The highest BCUT2D eigenvalue weighted by atomic mass is 32.2. The highest BCUT2D eigenvalue weighted by Crippen LogP contribution is 2.25. The highest BCUT2D eigenvalue weighted by molar-refractivity contribution is 7.91. The summed E-state index contributed by atoms with van der Waals surface area (Å²) in [5.41, 5.74) is 1.17. The molecule has 1 aromatic rings. The number of esters is 1. The number of hydrogen-bond acceptors (Lipinski definition) is 6. The van der Waals surface area contributed by atoms with Crippen molar-refractivity contribution in [1.82, 2.24) is 9.29 Å². The van der Waals surface area contributed by atoms with Crippen LogP contribution in [0, 0.1) is 0 Å². The van der Waals surface area contributed by atoms with Gasteiger partial charge in [0.1, 0.15) is 0 Å². The molecule has 0 aromatic carbocycles. The molecule has 0 spiro atoms. The zero-order chi connectivity index (χ0) is 13.9. The number of carbonyl (C=O) groups excluding carboxylic acids is 1. The van der Waals surface area contributed by atoms with E-state index < -0.39 is 16.0 Å². The molecule has 8 heteroatoms. The van der Waals surface area contributed by atoms with Gasteiger partial charge in [0.05, 0.1) is 12.6 Å². The van der Waals surface area contributed by atoms with Crippen LogP contribution in [-0.4, -0.2) is 43.9 Å². The van der Waals surface area contributed by atoms with Gasteiger partial charge in [-0.2, -0.15) is 4.31 Å². The van der Waals surface area contributed by atoms with Gasteiger partial charge in [0.25, 0.3) is 10.0 Å². The van der Waals surface area contributed by atoms with Gasteiger partial charge in [-0.1, -0.05) is 6.92 Å². The van der Waals surface area contributed by atoms with Crippen LogP contribution in [0.4, 0.5) is 0 Å². The topological polar surface area (TPSA) is 76.6 Å². The molecule has 1 heterocycles. The molecular formula is C10H16N2O4S2. The molecule has 1 unspecified atom stereocenters. The van der Waals surface area contributed by atoms with E-state index in [-0.39, 0.29) is 15.9 Å². The van der Waals surface area contributed by atoms with E-state index in [2.05, 4.69) is 9.72 Å². The number of aromatic nitrogens is 1. The van der Waals surface area contributed by atoms with Gasteiger partial charge < -0.3 is 4.74 Å². The Kier molecular flexibility index (Phi) is 4.83. The molecule has 0 saturated carbocycles. The molecule has 0 aliphatic carbocycles. The van der Waals surface area contributed by atoms with E-state index in [1.807, 2.05) is 6.92 Å². The summed E-state index contributed by atoms with van der Waals surface area (Å²) in [5, 5.41) is 0. The van der Waals surface area contributed by atoms with Crippen molar-refractivity contribution in [2.75, 3.05) is 14.2 Å². The van der Waals surface area contributed by atoms with Gasteiger partial charge in [0, 0.05) is 13.1 Å². The summed E-state index contributed by atoms with van der Waals surface area (Å²) in [5.74, 6) is -0.743. The number of carbonyl (C=O) groups is 1. The zero-order valence-corrected chi connectivity index (χ0v) is 12.3. The summed E-state index contributed by atoms with van der Waals surface area (Å²) >= 11 is 0.915. The van der Waals surface area contributed by atoms with E-state index in [1.54, 1.807) is 6.92 Å². The lowest BCUT2D eigenvalue weighted by Gasteiger charge is -2.22. The van der Waals surface area contributed by atoms with Crippen molar-refractivity contribution in [2.24, 2.45) is 0 Å². The normalized spacial score (nSPS) is 13.6. The fourth-order valence-corrected chi connectivity index (χ4v) is 4.01. The Morgan fingerprint density at radius 1 is 1.61 bits per heavy atom. The van der Waals surface area contributed by atoms with E-state index in [0.717, 1.165) is 11.3 Å². The van der Waals surface area contributed by atoms with E-state index in [4.69, 9.17) is 0 Å². The maximum Gasteiger partial charge on any atom is 0.358 e. The van der Waals surface area contributed by atoms with Gasteiger partial charge in [-0.05, 0) is 13.3 Å². The third-order valence-electron chi connectivity index (χ3n) is 2.74. The van der Waals surface area contributed by atoms with Gasteiger partial charge in [-0.15, -0.1) is 11.3 Å². The van der Waals surface area contributed by atoms with Gasteiger partial charge in [0.15, 0.2) is 9.90 Å². The zero-order valence-electron chi connectivity index (χ0n) is 10.7. The predicted molar refractivity (Wildman–Crippen MR) is 68.2 cm³/mol. The van der Waals surface area contributed by atoms with Crippen LogP contribution in [0.3, 0.4) is 0 Å². The van der Waals surface area contributed by atoms with Gasteiger partial charge in [-0.25, -0.2) is 18.2 Å². The lowest BCUT2D eigenvalue weighted by Crippen LogP contribution is -2.35. The second-order valence-corrected chi connectivity index (χ2v) is 6.81. The molecule has 0 aliphatic heterocycles. The summed E-state index contributed by atoms with van der Waals surface area (Å²) in [6.45, 7) is 3.70. The van der Waals surface area contributed by atoms with Crippen LogP contribution in [0.5, 0.6) is 0 Å². The summed E-state index contributed by atoms with van der Waals surface area (Å²) < 4.78 is 30.3. The molecule has 0 amide bonds. The number of rotatable bonds is 5. The second-order valence-electron chi connectivity index (χ2n) is 3.76. The second kappa shape index (κ2) is 5.77. The predicted octanol–water partition coefficient (Wildman–Crippen LogP) is 1.35. The standard InChI is InChI=1S/C10H16N2O4S2/c1-5-7(2)12(3)18(14,15)10-8(9(13)16-4)11-6-17-10/h6-7H,5H2,1-4H3. The molecule has 0 fully saturated rings. The average molecular weight is 292 g/mol. The number of ether oxygens (including phenoxy) is 1. The maximum atomic E-state index is 12.3. The molecule has 1 rings (SSSR count). The summed E-state index contributed by atoms with van der Waals surface area (Å²) in [6.07, 6.45) is 0.683. The monoisotopic (exact) mass is 292 g/mol. The third kappa shape index (κ3) is 2.70. The van der Waals surface area contributed by atoms with Crippen molar-refractivity contribution in [3.05, 3.63) is 11.2 Å². The lowest BCUT2D eigenvalue weighted by molar-refractivity contribution is 0.0590. The highest BCUT2D eigenvalue weighted by Gasteiger charge is 2.31. The Bertz CT molecular complexity index is 524. The molecule has 0 N–H and O–H groups in total. The molecule has 1 atom stereocenters. The fourth-order valence-electron chi connectivity index (χ4n) is 1.28. The number of sulfonamides is 1. The van der Waals surface area contributed by atoms with Gasteiger partial charge in [-0.3, -0.25) is 0 Å². The van der Waals surface area contributed by atoms with Crippen molar-refractivity contribution >= 4 is 27.3 Å². The Morgan fingerprint density at radius 3 is 2.72 bits per heavy atom. The Hall–Kier alpha value is -0.990. The lowest BCUT2D eigenvalue weighted by atomic mass is 10.3. The van der Waals surface area contributed by atoms with E-state index in [1.165, 1.54) is 24.0 Å². The molecule has 1 aromatic heterocycles. The van der Waals surface area contributed by atoms with Crippen molar-refractivity contribution < 1.29 is 17.9 Å². The van der Waals surface area contributed by atoms with E-state index >= 15 is 0 Å². The summed E-state index contributed by atoms with van der Waals surface area (Å²) in [4.78, 5) is 15.2. The molecule has 0 bridgehead atoms. The van der Waals surface area contributed by atoms with Gasteiger partial charge >= 0.3 is 5.97 Å². The van der Waals surface area contributed by atoms with Crippen molar-refractivity contribution in [1.29, 1.82) is 0 Å². The minimum Gasteiger partial charge on any atom is -0.464 e. The molecule has 0 aliphatic rings. The SMILES string of the molecule is CCC(C)N(C)S(=O)(=O)c1scnc1C(=O)OC. The maximum absolute atomic E-state index is 12.3. The molecule has 6 nitrogen and oxygen atoms in total. The summed E-state index contributed by atoms with van der Waals surface area (Å²) in [6, 6.07) is -0.150. The first-order chi connectivity index (χ1) is 8.36. The number of methoxy groups -OCH3 is 1. The van der Waals surface area contributed by atoms with E-state index in [9.17, 15) is 13.2 Å². The number of nitrogens with zero attached hydrogens (tertiary/aromatic N) is 2.